The number of aromatic nitrogens is 3. The van der Waals surface area contributed by atoms with E-state index in [1.807, 2.05) is 10.9 Å². The van der Waals surface area contributed by atoms with Gasteiger partial charge in [-0.05, 0) is 79.7 Å². The van der Waals surface area contributed by atoms with Crippen LogP contribution in [0.2, 0.25) is 0 Å². The number of hydrogen-bond acceptors (Lipinski definition) is 7. The first kappa shape index (κ1) is 29.6. The summed E-state index contributed by atoms with van der Waals surface area (Å²) in [7, 11) is 0. The lowest BCUT2D eigenvalue weighted by Crippen LogP contribution is -2.49. The average molecular weight is 615 g/mol. The Bertz CT molecular complexity index is 1760. The van der Waals surface area contributed by atoms with Gasteiger partial charge in [0.25, 0.3) is 0 Å². The maximum absolute atomic E-state index is 14.0. The van der Waals surface area contributed by atoms with Gasteiger partial charge in [-0.2, -0.15) is 5.10 Å². The molecule has 1 spiro atoms. The summed E-state index contributed by atoms with van der Waals surface area (Å²) in [6.45, 7) is 7.56. The molecule has 1 amide bonds. The van der Waals surface area contributed by atoms with Crippen LogP contribution in [-0.2, 0) is 19.1 Å². The molecule has 45 heavy (non-hydrogen) atoms. The first-order valence-electron chi connectivity index (χ1n) is 16.0. The molecule has 2 saturated heterocycles. The van der Waals surface area contributed by atoms with E-state index < -0.39 is 5.41 Å². The topological polar surface area (TPSA) is 95.8 Å². The lowest BCUT2D eigenvalue weighted by molar-refractivity contribution is -0.148. The van der Waals surface area contributed by atoms with Crippen LogP contribution in [0.4, 0.5) is 4.39 Å². The number of likely N-dealkylation sites (tertiary alicyclic amines) is 1. The highest BCUT2D eigenvalue weighted by atomic mass is 19.1. The summed E-state index contributed by atoms with van der Waals surface area (Å²) >= 11 is 0. The summed E-state index contributed by atoms with van der Waals surface area (Å²) in [6, 6.07) is 10.8. The first-order valence-corrected chi connectivity index (χ1v) is 16.0. The number of carbonyl (C=O) groups is 2. The van der Waals surface area contributed by atoms with Gasteiger partial charge in [-0.3, -0.25) is 9.59 Å². The smallest absolute Gasteiger partial charge is 0.302 e. The van der Waals surface area contributed by atoms with E-state index >= 15 is 0 Å². The van der Waals surface area contributed by atoms with Crippen LogP contribution in [0.5, 0.6) is 5.88 Å². The van der Waals surface area contributed by atoms with Gasteiger partial charge in [0.1, 0.15) is 18.5 Å². The number of amides is 1. The molecule has 4 aromatic rings. The number of carbonyl (C=O) groups excluding carboxylic acids is 2. The Morgan fingerprint density at radius 2 is 1.96 bits per heavy atom. The normalized spacial score (nSPS) is 23.3. The van der Waals surface area contributed by atoms with Gasteiger partial charge >= 0.3 is 5.97 Å². The second-order valence-corrected chi connectivity index (χ2v) is 13.0. The second kappa shape index (κ2) is 11.7. The standard InChI is InChI=1S/C35H39FN4O5/c1-21(2)32-31(23-7-9-25(36)10-8-23)27-16-24-20-37-40(30-6-4-5-14-44-30)29(24)17-28(27)33(38-32)45-26-18-35(19-26)11-12-39(34(35)42)13-15-43-22(3)41/h7-10,16-17,20-21,26,30H,4-6,11-15,18-19H2,1-3H3. The van der Waals surface area contributed by atoms with Gasteiger partial charge in [-0.15, -0.1) is 0 Å². The Kier molecular flexibility index (Phi) is 7.71. The molecule has 2 aromatic carbocycles. The zero-order valence-electron chi connectivity index (χ0n) is 26.1. The van der Waals surface area contributed by atoms with Gasteiger partial charge in [0.15, 0.2) is 6.23 Å². The number of fused-ring (bicyclic) bond motifs is 2. The monoisotopic (exact) mass is 614 g/mol. The largest absolute Gasteiger partial charge is 0.474 e. The van der Waals surface area contributed by atoms with Gasteiger partial charge in [0.05, 0.1) is 29.4 Å². The molecule has 7 rings (SSSR count). The molecular formula is C35H39FN4O5. The summed E-state index contributed by atoms with van der Waals surface area (Å²) in [5.74, 6) is 0.0889. The average Bonchev–Trinajstić information content (AvgIpc) is 3.57. The minimum absolute atomic E-state index is 0.0702. The van der Waals surface area contributed by atoms with Crippen molar-refractivity contribution in [2.24, 2.45) is 5.41 Å². The highest BCUT2D eigenvalue weighted by Gasteiger charge is 2.56. The quantitative estimate of drug-likeness (QED) is 0.208. The van der Waals surface area contributed by atoms with E-state index in [-0.39, 0.29) is 42.6 Å². The molecule has 3 fully saturated rings. The van der Waals surface area contributed by atoms with Crippen LogP contribution in [-0.4, -0.2) is 63.9 Å². The van der Waals surface area contributed by atoms with E-state index in [4.69, 9.17) is 24.3 Å². The minimum atomic E-state index is -0.435. The maximum Gasteiger partial charge on any atom is 0.302 e. The van der Waals surface area contributed by atoms with Crippen molar-refractivity contribution in [1.29, 1.82) is 0 Å². The molecule has 1 atom stereocenters. The number of pyridine rings is 1. The lowest BCUT2D eigenvalue weighted by Gasteiger charge is -2.43. The van der Waals surface area contributed by atoms with Crippen LogP contribution < -0.4 is 4.74 Å². The summed E-state index contributed by atoms with van der Waals surface area (Å²) < 4.78 is 33.8. The van der Waals surface area contributed by atoms with Crippen molar-refractivity contribution >= 4 is 33.6 Å². The zero-order valence-corrected chi connectivity index (χ0v) is 26.1. The summed E-state index contributed by atoms with van der Waals surface area (Å²) in [4.78, 5) is 31.4. The fourth-order valence-electron chi connectivity index (χ4n) is 7.25. The van der Waals surface area contributed by atoms with Crippen LogP contribution >= 0.6 is 0 Å². The number of nitrogens with zero attached hydrogens (tertiary/aromatic N) is 4. The molecule has 10 heteroatoms. The third-order valence-electron chi connectivity index (χ3n) is 9.60. The molecule has 236 valence electrons. The maximum atomic E-state index is 14.0. The Labute approximate surface area is 261 Å². The van der Waals surface area contributed by atoms with Gasteiger partial charge in [0.2, 0.25) is 11.8 Å². The Morgan fingerprint density at radius 1 is 1.16 bits per heavy atom. The highest BCUT2D eigenvalue weighted by Crippen LogP contribution is 2.51. The second-order valence-electron chi connectivity index (χ2n) is 13.0. The number of esters is 1. The van der Waals surface area contributed by atoms with Gasteiger partial charge in [0, 0.05) is 36.4 Å². The van der Waals surface area contributed by atoms with Crippen LogP contribution in [0.1, 0.15) is 77.1 Å². The van der Waals surface area contributed by atoms with Crippen molar-refractivity contribution in [1.82, 2.24) is 19.7 Å². The molecule has 4 heterocycles. The molecular weight excluding hydrogens is 575 g/mol. The highest BCUT2D eigenvalue weighted by molar-refractivity contribution is 6.07. The lowest BCUT2D eigenvalue weighted by atomic mass is 9.65. The number of ether oxygens (including phenoxy) is 3. The summed E-state index contributed by atoms with van der Waals surface area (Å²) in [5, 5.41) is 7.54. The SMILES string of the molecule is CC(=O)OCCN1CCC2(CC(Oc3nc(C(C)C)c(-c4ccc(F)cc4)c4cc5cnn(C6CCCCO6)c5cc34)C2)C1=O. The van der Waals surface area contributed by atoms with Crippen LogP contribution in [0, 0.1) is 11.2 Å². The fraction of sp³-hybridized carbons (Fsp3) is 0.486. The van der Waals surface area contributed by atoms with Crippen molar-refractivity contribution in [2.45, 2.75) is 77.5 Å². The molecule has 0 N–H and O–H groups in total. The first-order chi connectivity index (χ1) is 21.7. The minimum Gasteiger partial charge on any atom is -0.474 e. The molecule has 1 saturated carbocycles. The summed E-state index contributed by atoms with van der Waals surface area (Å²) in [6.07, 6.45) is 6.64. The molecule has 3 aliphatic rings. The van der Waals surface area contributed by atoms with Crippen molar-refractivity contribution in [3.63, 3.8) is 0 Å². The number of rotatable bonds is 8. The van der Waals surface area contributed by atoms with Crippen molar-refractivity contribution < 1.29 is 28.2 Å². The van der Waals surface area contributed by atoms with Crippen molar-refractivity contribution in [3.8, 4) is 17.0 Å². The Balaban J connectivity index is 1.26. The van der Waals surface area contributed by atoms with E-state index in [0.29, 0.717) is 38.4 Å². The molecule has 1 unspecified atom stereocenters. The van der Waals surface area contributed by atoms with Crippen molar-refractivity contribution in [2.75, 3.05) is 26.3 Å². The van der Waals surface area contributed by atoms with E-state index in [1.165, 1.54) is 19.1 Å². The molecule has 2 aromatic heterocycles. The number of hydrogen-bond donors (Lipinski definition) is 0. The van der Waals surface area contributed by atoms with E-state index in [0.717, 1.165) is 64.2 Å². The predicted molar refractivity (Wildman–Crippen MR) is 167 cm³/mol. The molecule has 2 aliphatic heterocycles. The Hall–Kier alpha value is -4.05. The van der Waals surface area contributed by atoms with Crippen LogP contribution in [0.3, 0.4) is 0 Å². The third-order valence-corrected chi connectivity index (χ3v) is 9.60. The van der Waals surface area contributed by atoms with Gasteiger partial charge in [-0.25, -0.2) is 14.1 Å². The summed E-state index contributed by atoms with van der Waals surface area (Å²) in [5.41, 5.74) is 3.22. The van der Waals surface area contributed by atoms with E-state index in [9.17, 15) is 14.0 Å². The van der Waals surface area contributed by atoms with Crippen LogP contribution in [0.15, 0.2) is 42.6 Å². The molecule has 0 radical (unpaired) electrons. The molecule has 9 nitrogen and oxygen atoms in total. The number of halogens is 1. The van der Waals surface area contributed by atoms with Crippen molar-refractivity contribution in [3.05, 3.63) is 54.1 Å². The van der Waals surface area contributed by atoms with Crippen LogP contribution in [0.25, 0.3) is 32.8 Å². The fourth-order valence-corrected chi connectivity index (χ4v) is 7.25. The molecule has 1 aliphatic carbocycles. The van der Waals surface area contributed by atoms with E-state index in [2.05, 4.69) is 26.0 Å². The molecule has 0 bridgehead atoms. The number of benzene rings is 2. The third kappa shape index (κ3) is 5.43. The Morgan fingerprint density at radius 3 is 2.67 bits per heavy atom. The van der Waals surface area contributed by atoms with Gasteiger partial charge < -0.3 is 19.1 Å². The van der Waals surface area contributed by atoms with E-state index in [1.54, 1.807) is 17.0 Å². The zero-order chi connectivity index (χ0) is 31.3. The predicted octanol–water partition coefficient (Wildman–Crippen LogP) is 6.54. The van der Waals surface area contributed by atoms with Gasteiger partial charge in [-0.1, -0.05) is 26.0 Å².